The van der Waals surface area contributed by atoms with Crippen LogP contribution in [0.15, 0.2) is 0 Å². The maximum atomic E-state index is 5.64. The zero-order chi connectivity index (χ0) is 12.1. The Kier molecular flexibility index (Phi) is 5.26. The van der Waals surface area contributed by atoms with Gasteiger partial charge in [-0.15, -0.1) is 0 Å². The van der Waals surface area contributed by atoms with E-state index in [4.69, 9.17) is 4.74 Å². The molecule has 2 rings (SSSR count). The minimum atomic E-state index is 0.691. The smallest absolute Gasteiger partial charge is 0.0593 e. The van der Waals surface area contributed by atoms with Crippen molar-refractivity contribution >= 4 is 0 Å². The van der Waals surface area contributed by atoms with Gasteiger partial charge in [-0.2, -0.15) is 0 Å². The van der Waals surface area contributed by atoms with Crippen LogP contribution in [0.25, 0.3) is 0 Å². The van der Waals surface area contributed by atoms with Crippen LogP contribution in [0.5, 0.6) is 0 Å². The van der Waals surface area contributed by atoms with Crippen LogP contribution in [0.2, 0.25) is 0 Å². The molecule has 2 unspecified atom stereocenters. The molecule has 100 valence electrons. The largest absolute Gasteiger partial charge is 0.380 e. The molecular formula is C14H28N2O. The van der Waals surface area contributed by atoms with Crippen molar-refractivity contribution in [1.29, 1.82) is 0 Å². The van der Waals surface area contributed by atoms with Crippen LogP contribution in [0.4, 0.5) is 0 Å². The quantitative estimate of drug-likeness (QED) is 0.688. The number of rotatable bonds is 7. The Morgan fingerprint density at radius 3 is 2.71 bits per heavy atom. The molecule has 0 bridgehead atoms. The molecule has 2 atom stereocenters. The van der Waals surface area contributed by atoms with Gasteiger partial charge in [-0.1, -0.05) is 13.8 Å². The van der Waals surface area contributed by atoms with Gasteiger partial charge in [0.05, 0.1) is 6.61 Å². The van der Waals surface area contributed by atoms with Crippen molar-refractivity contribution in [3.05, 3.63) is 0 Å². The Bertz CT molecular complexity index is 218. The van der Waals surface area contributed by atoms with Crippen molar-refractivity contribution in [2.75, 3.05) is 32.8 Å². The Morgan fingerprint density at radius 1 is 1.24 bits per heavy atom. The highest BCUT2D eigenvalue weighted by Gasteiger charge is 2.38. The van der Waals surface area contributed by atoms with Crippen molar-refractivity contribution in [1.82, 2.24) is 10.2 Å². The molecule has 0 radical (unpaired) electrons. The highest BCUT2D eigenvalue weighted by molar-refractivity contribution is 4.94. The summed E-state index contributed by atoms with van der Waals surface area (Å²) in [5.41, 5.74) is 0. The maximum absolute atomic E-state index is 5.64. The maximum Gasteiger partial charge on any atom is 0.0593 e. The fourth-order valence-electron chi connectivity index (χ4n) is 2.80. The van der Waals surface area contributed by atoms with E-state index >= 15 is 0 Å². The first-order valence-electron chi connectivity index (χ1n) is 7.40. The van der Waals surface area contributed by atoms with Crippen LogP contribution in [-0.4, -0.2) is 49.8 Å². The number of nitrogens with zero attached hydrogens (tertiary/aromatic N) is 1. The zero-order valence-electron chi connectivity index (χ0n) is 11.5. The van der Waals surface area contributed by atoms with Gasteiger partial charge in [0, 0.05) is 38.3 Å². The molecule has 1 heterocycles. The van der Waals surface area contributed by atoms with Gasteiger partial charge >= 0.3 is 0 Å². The fourth-order valence-corrected chi connectivity index (χ4v) is 2.80. The second kappa shape index (κ2) is 6.72. The first-order chi connectivity index (χ1) is 8.35. The van der Waals surface area contributed by atoms with Crippen molar-refractivity contribution < 1.29 is 4.74 Å². The standard InChI is InChI=1S/C14H28N2O/c1-3-8-17-9-7-16-11-13(4-2)15-10-14(16)12-5-6-12/h12-15H,3-11H2,1-2H3. The van der Waals surface area contributed by atoms with E-state index in [1.54, 1.807) is 0 Å². The summed E-state index contributed by atoms with van der Waals surface area (Å²) in [5, 5.41) is 3.69. The van der Waals surface area contributed by atoms with Crippen molar-refractivity contribution in [2.45, 2.75) is 51.6 Å². The Labute approximate surface area is 106 Å². The van der Waals surface area contributed by atoms with Crippen LogP contribution < -0.4 is 5.32 Å². The molecule has 0 amide bonds. The van der Waals surface area contributed by atoms with Gasteiger partial charge in [0.2, 0.25) is 0 Å². The van der Waals surface area contributed by atoms with Gasteiger partial charge in [0.25, 0.3) is 0 Å². The molecule has 3 nitrogen and oxygen atoms in total. The van der Waals surface area contributed by atoms with Gasteiger partial charge in [-0.05, 0) is 31.6 Å². The number of nitrogens with one attached hydrogen (secondary N) is 1. The lowest BCUT2D eigenvalue weighted by Crippen LogP contribution is -2.57. The molecule has 17 heavy (non-hydrogen) atoms. The molecule has 2 fully saturated rings. The van der Waals surface area contributed by atoms with Gasteiger partial charge in [0.1, 0.15) is 0 Å². The lowest BCUT2D eigenvalue weighted by Gasteiger charge is -2.40. The Morgan fingerprint density at radius 2 is 2.06 bits per heavy atom. The van der Waals surface area contributed by atoms with Crippen molar-refractivity contribution in [3.8, 4) is 0 Å². The van der Waals surface area contributed by atoms with E-state index in [1.165, 1.54) is 32.4 Å². The van der Waals surface area contributed by atoms with E-state index < -0.39 is 0 Å². The summed E-state index contributed by atoms with van der Waals surface area (Å²) in [6.07, 6.45) is 5.25. The number of piperazine rings is 1. The van der Waals surface area contributed by atoms with Crippen LogP contribution in [-0.2, 0) is 4.74 Å². The summed E-state index contributed by atoms with van der Waals surface area (Å²) in [4.78, 5) is 2.68. The molecule has 3 heteroatoms. The molecule has 0 aromatic carbocycles. The zero-order valence-corrected chi connectivity index (χ0v) is 11.5. The fraction of sp³-hybridized carbons (Fsp3) is 1.00. The van der Waals surface area contributed by atoms with E-state index in [2.05, 4.69) is 24.1 Å². The SMILES string of the molecule is CCCOCCN1CC(CC)NCC1C1CC1. The van der Waals surface area contributed by atoms with Crippen LogP contribution >= 0.6 is 0 Å². The van der Waals surface area contributed by atoms with Gasteiger partial charge in [-0.3, -0.25) is 4.90 Å². The van der Waals surface area contributed by atoms with Crippen molar-refractivity contribution in [2.24, 2.45) is 5.92 Å². The first kappa shape index (κ1) is 13.3. The molecule has 2 aliphatic rings. The average molecular weight is 240 g/mol. The second-order valence-corrected chi connectivity index (χ2v) is 5.53. The molecule has 1 aliphatic heterocycles. The summed E-state index contributed by atoms with van der Waals surface area (Å²) in [6, 6.07) is 1.47. The lowest BCUT2D eigenvalue weighted by atomic mass is 10.0. The predicted molar refractivity (Wildman–Crippen MR) is 71.3 cm³/mol. The molecule has 0 aromatic heterocycles. The molecule has 0 aromatic rings. The normalized spacial score (nSPS) is 30.7. The highest BCUT2D eigenvalue weighted by Crippen LogP contribution is 2.36. The first-order valence-corrected chi connectivity index (χ1v) is 7.40. The van der Waals surface area contributed by atoms with E-state index in [-0.39, 0.29) is 0 Å². The molecule has 1 aliphatic carbocycles. The van der Waals surface area contributed by atoms with Gasteiger partial charge < -0.3 is 10.1 Å². The molecule has 1 N–H and O–H groups in total. The summed E-state index contributed by atoms with van der Waals surface area (Å²) >= 11 is 0. The average Bonchev–Trinajstić information content (AvgIpc) is 3.18. The molecular weight excluding hydrogens is 212 g/mol. The molecule has 0 spiro atoms. The Hall–Kier alpha value is -0.120. The van der Waals surface area contributed by atoms with E-state index in [0.29, 0.717) is 6.04 Å². The van der Waals surface area contributed by atoms with E-state index in [0.717, 1.165) is 38.1 Å². The summed E-state index contributed by atoms with van der Waals surface area (Å²) in [7, 11) is 0. The predicted octanol–water partition coefficient (Wildman–Crippen LogP) is 1.88. The monoisotopic (exact) mass is 240 g/mol. The third-order valence-electron chi connectivity index (χ3n) is 4.07. The molecule has 1 saturated carbocycles. The van der Waals surface area contributed by atoms with E-state index in [9.17, 15) is 0 Å². The van der Waals surface area contributed by atoms with Crippen LogP contribution in [0.1, 0.15) is 39.5 Å². The van der Waals surface area contributed by atoms with Gasteiger partial charge in [0.15, 0.2) is 0 Å². The number of hydrogen-bond donors (Lipinski definition) is 1. The third kappa shape index (κ3) is 3.94. The lowest BCUT2D eigenvalue weighted by molar-refractivity contribution is 0.0581. The van der Waals surface area contributed by atoms with Gasteiger partial charge in [-0.25, -0.2) is 0 Å². The molecule has 1 saturated heterocycles. The summed E-state index contributed by atoms with van der Waals surface area (Å²) < 4.78 is 5.64. The number of ether oxygens (including phenoxy) is 1. The minimum Gasteiger partial charge on any atom is -0.380 e. The second-order valence-electron chi connectivity index (χ2n) is 5.53. The minimum absolute atomic E-state index is 0.691. The van der Waals surface area contributed by atoms with Crippen molar-refractivity contribution in [3.63, 3.8) is 0 Å². The topological polar surface area (TPSA) is 24.5 Å². The highest BCUT2D eigenvalue weighted by atomic mass is 16.5. The third-order valence-corrected chi connectivity index (χ3v) is 4.07. The van der Waals surface area contributed by atoms with Crippen LogP contribution in [0, 0.1) is 5.92 Å². The van der Waals surface area contributed by atoms with Crippen LogP contribution in [0.3, 0.4) is 0 Å². The number of hydrogen-bond acceptors (Lipinski definition) is 3. The summed E-state index contributed by atoms with van der Waals surface area (Å²) in [6.45, 7) is 9.81. The Balaban J connectivity index is 1.76. The summed E-state index contributed by atoms with van der Waals surface area (Å²) in [5.74, 6) is 0.964. The van der Waals surface area contributed by atoms with E-state index in [1.807, 2.05) is 0 Å².